The molecule has 8 heteroatoms. The number of aromatic nitrogens is 4. The van der Waals surface area contributed by atoms with Gasteiger partial charge in [0.2, 0.25) is 0 Å². The molecule has 6 rings (SSSR count). The summed E-state index contributed by atoms with van der Waals surface area (Å²) in [6.07, 6.45) is 11.9. The number of piperidine rings is 2. The van der Waals surface area contributed by atoms with Crippen LogP contribution < -0.4 is 0 Å². The Kier molecular flexibility index (Phi) is 8.30. The second-order valence-corrected chi connectivity index (χ2v) is 11.9. The lowest BCUT2D eigenvalue weighted by Crippen LogP contribution is -2.51. The zero-order valence-electron chi connectivity index (χ0n) is 24.1. The zero-order valence-corrected chi connectivity index (χ0v) is 24.1. The number of nitrogens with one attached hydrogen (secondary N) is 2. The van der Waals surface area contributed by atoms with Gasteiger partial charge < -0.3 is 14.9 Å². The third kappa shape index (κ3) is 6.77. The zero-order chi connectivity index (χ0) is 28.1. The lowest BCUT2D eigenvalue weighted by molar-refractivity contribution is 0.0197. The molecule has 0 saturated carbocycles. The molecule has 1 amide bonds. The van der Waals surface area contributed by atoms with E-state index in [0.29, 0.717) is 13.1 Å². The predicted molar refractivity (Wildman–Crippen MR) is 160 cm³/mol. The first kappa shape index (κ1) is 27.4. The first-order valence-electron chi connectivity index (χ1n) is 14.9. The molecule has 8 nitrogen and oxygen atoms in total. The quantitative estimate of drug-likeness (QED) is 0.300. The Hall–Kier alpha value is -3.75. The maximum atomic E-state index is 13.6. The van der Waals surface area contributed by atoms with Crippen LogP contribution in [0, 0.1) is 12.3 Å². The number of carbonyl (C=O) groups is 1. The van der Waals surface area contributed by atoms with E-state index in [0.717, 1.165) is 68.5 Å². The molecular weight excluding hydrogens is 510 g/mol. The van der Waals surface area contributed by atoms with Crippen molar-refractivity contribution in [3.05, 3.63) is 107 Å². The molecule has 2 fully saturated rings. The molecule has 2 N–H and O–H groups in total. The van der Waals surface area contributed by atoms with Crippen molar-refractivity contribution in [1.82, 2.24) is 34.6 Å². The smallest absolute Gasteiger partial charge is 0.253 e. The highest BCUT2D eigenvalue weighted by molar-refractivity contribution is 5.94. The first-order chi connectivity index (χ1) is 20.1. The van der Waals surface area contributed by atoms with E-state index in [1.54, 1.807) is 12.4 Å². The topological polar surface area (TPSA) is 84.2 Å². The van der Waals surface area contributed by atoms with Crippen LogP contribution in [-0.4, -0.2) is 66.7 Å². The van der Waals surface area contributed by atoms with Gasteiger partial charge in [-0.15, -0.1) is 0 Å². The summed E-state index contributed by atoms with van der Waals surface area (Å²) < 4.78 is 0. The van der Waals surface area contributed by atoms with Crippen molar-refractivity contribution in [2.24, 2.45) is 5.41 Å². The van der Waals surface area contributed by atoms with E-state index in [9.17, 15) is 4.79 Å². The Balaban J connectivity index is 1.05. The fourth-order valence-electron chi connectivity index (χ4n) is 6.56. The number of imidazole rings is 2. The number of carbonyl (C=O) groups excluding carboxylic acids is 1. The molecule has 1 spiro atoms. The van der Waals surface area contributed by atoms with Gasteiger partial charge in [-0.1, -0.05) is 36.4 Å². The Morgan fingerprint density at radius 2 is 1.56 bits per heavy atom. The van der Waals surface area contributed by atoms with Crippen LogP contribution in [0.15, 0.2) is 73.3 Å². The van der Waals surface area contributed by atoms with Gasteiger partial charge in [-0.05, 0) is 79.9 Å². The molecule has 0 aliphatic carbocycles. The summed E-state index contributed by atoms with van der Waals surface area (Å²) in [7, 11) is 0. The summed E-state index contributed by atoms with van der Waals surface area (Å²) in [6.45, 7) is 9.30. The average molecular weight is 552 g/mol. The van der Waals surface area contributed by atoms with E-state index in [4.69, 9.17) is 0 Å². The lowest BCUT2D eigenvalue weighted by Gasteiger charge is -2.47. The summed E-state index contributed by atoms with van der Waals surface area (Å²) in [5, 5.41) is 0. The van der Waals surface area contributed by atoms with Crippen molar-refractivity contribution in [2.75, 3.05) is 26.2 Å². The fourth-order valence-corrected chi connectivity index (χ4v) is 6.56. The number of amides is 1. The lowest BCUT2D eigenvalue weighted by atomic mass is 9.72. The number of rotatable bonds is 9. The van der Waals surface area contributed by atoms with Gasteiger partial charge in [0.25, 0.3) is 5.91 Å². The molecule has 2 aromatic heterocycles. The van der Waals surface area contributed by atoms with Crippen molar-refractivity contribution >= 4 is 5.91 Å². The SMILES string of the molecule is Cc1ccccc1CN1CCC2(CCCN(C(=O)c3ccc(CN(Cc4ncc[nH]4)Cc4ncc[nH]4)cc3)C2)CC1. The van der Waals surface area contributed by atoms with Gasteiger partial charge >= 0.3 is 0 Å². The van der Waals surface area contributed by atoms with Crippen LogP contribution in [0.4, 0.5) is 0 Å². The van der Waals surface area contributed by atoms with E-state index in [1.165, 1.54) is 30.4 Å². The summed E-state index contributed by atoms with van der Waals surface area (Å²) in [5.74, 6) is 2.01. The molecule has 0 unspecified atom stereocenters. The molecule has 214 valence electrons. The second kappa shape index (κ2) is 12.4. The largest absolute Gasteiger partial charge is 0.348 e. The molecular formula is C33H41N7O. The maximum absolute atomic E-state index is 13.6. The molecule has 0 radical (unpaired) electrons. The molecule has 2 aliphatic rings. The van der Waals surface area contributed by atoms with Gasteiger partial charge in [-0.2, -0.15) is 0 Å². The Morgan fingerprint density at radius 1 is 0.878 bits per heavy atom. The first-order valence-corrected chi connectivity index (χ1v) is 14.9. The number of likely N-dealkylation sites (tertiary alicyclic amines) is 2. The number of nitrogens with zero attached hydrogens (tertiary/aromatic N) is 5. The van der Waals surface area contributed by atoms with Crippen molar-refractivity contribution in [3.8, 4) is 0 Å². The molecule has 2 aliphatic heterocycles. The predicted octanol–water partition coefficient (Wildman–Crippen LogP) is 5.16. The number of benzene rings is 2. The minimum atomic E-state index is 0.168. The maximum Gasteiger partial charge on any atom is 0.253 e. The monoisotopic (exact) mass is 551 g/mol. The van der Waals surface area contributed by atoms with Crippen LogP contribution in [0.25, 0.3) is 0 Å². The van der Waals surface area contributed by atoms with Gasteiger partial charge in [0, 0.05) is 56.5 Å². The van der Waals surface area contributed by atoms with Crippen LogP contribution in [0.5, 0.6) is 0 Å². The van der Waals surface area contributed by atoms with Crippen LogP contribution in [0.3, 0.4) is 0 Å². The van der Waals surface area contributed by atoms with Gasteiger partial charge in [0.05, 0.1) is 13.1 Å². The van der Waals surface area contributed by atoms with E-state index in [1.807, 2.05) is 24.5 Å². The number of hydrogen-bond donors (Lipinski definition) is 2. The van der Waals surface area contributed by atoms with E-state index >= 15 is 0 Å². The molecule has 41 heavy (non-hydrogen) atoms. The molecule has 0 bridgehead atoms. The molecule has 2 aromatic carbocycles. The fraction of sp³-hybridized carbons (Fsp3) is 0.424. The number of H-pyrrole nitrogens is 2. The Labute approximate surface area is 242 Å². The van der Waals surface area contributed by atoms with Crippen molar-refractivity contribution in [3.63, 3.8) is 0 Å². The van der Waals surface area contributed by atoms with Crippen LogP contribution in [0.1, 0.15) is 64.4 Å². The summed E-state index contributed by atoms with van der Waals surface area (Å²) in [4.78, 5) is 35.8. The van der Waals surface area contributed by atoms with Crippen molar-refractivity contribution < 1.29 is 4.79 Å². The summed E-state index contributed by atoms with van der Waals surface area (Å²) in [5.41, 5.74) is 5.00. The highest BCUT2D eigenvalue weighted by Gasteiger charge is 2.39. The van der Waals surface area contributed by atoms with Gasteiger partial charge in [0.15, 0.2) is 0 Å². The third-order valence-corrected chi connectivity index (χ3v) is 8.98. The number of hydrogen-bond acceptors (Lipinski definition) is 5. The Bertz CT molecular complexity index is 1350. The minimum Gasteiger partial charge on any atom is -0.348 e. The van der Waals surface area contributed by atoms with E-state index < -0.39 is 0 Å². The highest BCUT2D eigenvalue weighted by atomic mass is 16.2. The van der Waals surface area contributed by atoms with Crippen LogP contribution >= 0.6 is 0 Å². The average Bonchev–Trinajstić information content (AvgIpc) is 3.71. The normalized spacial score (nSPS) is 17.4. The van der Waals surface area contributed by atoms with E-state index in [2.05, 4.69) is 78.0 Å². The van der Waals surface area contributed by atoms with Gasteiger partial charge in [-0.3, -0.25) is 14.6 Å². The van der Waals surface area contributed by atoms with E-state index in [-0.39, 0.29) is 11.3 Å². The number of aryl methyl sites for hydroxylation is 1. The summed E-state index contributed by atoms with van der Waals surface area (Å²) in [6, 6.07) is 16.9. The highest BCUT2D eigenvalue weighted by Crippen LogP contribution is 2.40. The minimum absolute atomic E-state index is 0.168. The standard InChI is InChI=1S/C33H41N7O/c1-26-5-2-3-6-29(26)22-38-19-12-33(13-20-38)11-4-18-40(25-33)32(41)28-9-7-27(8-10-28)21-39(23-30-34-14-15-35-30)24-31-36-16-17-37-31/h2-3,5-10,14-17H,4,11-13,18-25H2,1H3,(H,34,35)(H,36,37). The van der Waals surface area contributed by atoms with Gasteiger partial charge in [0.1, 0.15) is 11.6 Å². The van der Waals surface area contributed by atoms with Crippen LogP contribution in [-0.2, 0) is 26.2 Å². The van der Waals surface area contributed by atoms with Crippen molar-refractivity contribution in [2.45, 2.75) is 58.8 Å². The summed E-state index contributed by atoms with van der Waals surface area (Å²) >= 11 is 0. The molecule has 0 atom stereocenters. The Morgan fingerprint density at radius 3 is 2.20 bits per heavy atom. The van der Waals surface area contributed by atoms with Crippen molar-refractivity contribution in [1.29, 1.82) is 0 Å². The third-order valence-electron chi connectivity index (χ3n) is 8.98. The molecule has 2 saturated heterocycles. The second-order valence-electron chi connectivity index (χ2n) is 11.9. The molecule has 4 heterocycles. The molecule has 4 aromatic rings. The van der Waals surface area contributed by atoms with Gasteiger partial charge in [-0.25, -0.2) is 9.97 Å². The number of aromatic amines is 2. The van der Waals surface area contributed by atoms with Crippen LogP contribution in [0.2, 0.25) is 0 Å².